The number of amides is 1. The summed E-state index contributed by atoms with van der Waals surface area (Å²) in [6.45, 7) is 3.58. The fourth-order valence-corrected chi connectivity index (χ4v) is 4.89. The predicted molar refractivity (Wildman–Crippen MR) is 120 cm³/mol. The monoisotopic (exact) mass is 493 g/mol. The molecule has 0 aliphatic rings. The molecule has 0 spiro atoms. The summed E-state index contributed by atoms with van der Waals surface area (Å²) in [6, 6.07) is 13.5. The highest BCUT2D eigenvalue weighted by Gasteiger charge is 2.24. The van der Waals surface area contributed by atoms with Crippen LogP contribution in [0.1, 0.15) is 24.2 Å². The summed E-state index contributed by atoms with van der Waals surface area (Å²) >= 11 is 4.71. The van der Waals surface area contributed by atoms with E-state index in [0.29, 0.717) is 5.13 Å². The van der Waals surface area contributed by atoms with E-state index >= 15 is 0 Å². The summed E-state index contributed by atoms with van der Waals surface area (Å²) in [4.78, 5) is 17.2. The Morgan fingerprint density at radius 2 is 1.86 bits per heavy atom. The Morgan fingerprint density at radius 3 is 2.52 bits per heavy atom. The minimum atomic E-state index is -3.67. The van der Waals surface area contributed by atoms with E-state index in [1.54, 1.807) is 26.0 Å². The van der Waals surface area contributed by atoms with Crippen molar-refractivity contribution in [3.63, 3.8) is 0 Å². The molecule has 0 saturated carbocycles. The first-order chi connectivity index (χ1) is 13.7. The van der Waals surface area contributed by atoms with Gasteiger partial charge in [0.1, 0.15) is 0 Å². The lowest BCUT2D eigenvalue weighted by Crippen LogP contribution is -2.33. The molecule has 0 aliphatic heterocycles. The Kier molecular flexibility index (Phi) is 6.52. The fourth-order valence-electron chi connectivity index (χ4n) is 2.50. The zero-order valence-electron chi connectivity index (χ0n) is 16.1. The molecule has 1 aromatic heterocycles. The normalized spacial score (nSPS) is 11.8. The molecule has 1 N–H and O–H groups in total. The highest BCUT2D eigenvalue weighted by atomic mass is 79.9. The molecule has 0 radical (unpaired) electrons. The minimum absolute atomic E-state index is 0.0797. The van der Waals surface area contributed by atoms with E-state index in [2.05, 4.69) is 26.2 Å². The Hall–Kier alpha value is -2.07. The highest BCUT2D eigenvalue weighted by molar-refractivity contribution is 9.10. The lowest BCUT2D eigenvalue weighted by atomic mass is 10.2. The average Bonchev–Trinajstić information content (AvgIpc) is 3.16. The lowest BCUT2D eigenvalue weighted by molar-refractivity contribution is 0.102. The fraction of sp³-hybridized carbons (Fsp3) is 0.200. The first kappa shape index (κ1) is 21.6. The molecule has 29 heavy (non-hydrogen) atoms. The van der Waals surface area contributed by atoms with Crippen LogP contribution in [-0.2, 0) is 10.0 Å². The molecule has 0 fully saturated rings. The SMILES string of the molecule is CC(C)N(C)S(=O)(=O)c1cccc(C(=O)Nc2nc(-c3ccc(Br)cc3)cs2)c1. The van der Waals surface area contributed by atoms with E-state index in [9.17, 15) is 13.2 Å². The van der Waals surface area contributed by atoms with Crippen molar-refractivity contribution in [2.24, 2.45) is 0 Å². The molecule has 1 amide bonds. The summed E-state index contributed by atoms with van der Waals surface area (Å²) in [6.07, 6.45) is 0. The molecule has 6 nitrogen and oxygen atoms in total. The van der Waals surface area contributed by atoms with Crippen LogP contribution in [0.4, 0.5) is 5.13 Å². The Balaban J connectivity index is 1.79. The second-order valence-corrected chi connectivity index (χ2v) is 10.4. The zero-order chi connectivity index (χ0) is 21.2. The van der Waals surface area contributed by atoms with Gasteiger partial charge in [-0.1, -0.05) is 34.1 Å². The van der Waals surface area contributed by atoms with Gasteiger partial charge >= 0.3 is 0 Å². The number of rotatable bonds is 6. The maximum atomic E-state index is 12.7. The number of thiazole rings is 1. The van der Waals surface area contributed by atoms with E-state index in [-0.39, 0.29) is 16.5 Å². The van der Waals surface area contributed by atoms with Crippen molar-refractivity contribution >= 4 is 48.3 Å². The molecule has 152 valence electrons. The number of halogens is 1. The van der Waals surface area contributed by atoms with Gasteiger partial charge < -0.3 is 0 Å². The van der Waals surface area contributed by atoms with Crippen LogP contribution in [0.25, 0.3) is 11.3 Å². The van der Waals surface area contributed by atoms with Crippen LogP contribution in [0, 0.1) is 0 Å². The topological polar surface area (TPSA) is 79.4 Å². The second kappa shape index (κ2) is 8.74. The molecule has 9 heteroatoms. The number of carbonyl (C=O) groups is 1. The quantitative estimate of drug-likeness (QED) is 0.531. The molecular weight excluding hydrogens is 474 g/mol. The minimum Gasteiger partial charge on any atom is -0.298 e. The van der Waals surface area contributed by atoms with Gasteiger partial charge in [-0.2, -0.15) is 4.31 Å². The van der Waals surface area contributed by atoms with Crippen LogP contribution in [0.2, 0.25) is 0 Å². The number of hydrogen-bond acceptors (Lipinski definition) is 5. The highest BCUT2D eigenvalue weighted by Crippen LogP contribution is 2.26. The summed E-state index contributed by atoms with van der Waals surface area (Å²) < 4.78 is 27.6. The summed E-state index contributed by atoms with van der Waals surface area (Å²) in [5.74, 6) is -0.411. The summed E-state index contributed by atoms with van der Waals surface area (Å²) in [7, 11) is -2.15. The largest absolute Gasteiger partial charge is 0.298 e. The van der Waals surface area contributed by atoms with Crippen LogP contribution >= 0.6 is 27.3 Å². The second-order valence-electron chi connectivity index (χ2n) is 6.64. The van der Waals surface area contributed by atoms with Crippen LogP contribution in [0.3, 0.4) is 0 Å². The summed E-state index contributed by atoms with van der Waals surface area (Å²) in [5.41, 5.74) is 1.95. The van der Waals surface area contributed by atoms with E-state index in [4.69, 9.17) is 0 Å². The van der Waals surface area contributed by atoms with Crippen LogP contribution < -0.4 is 5.32 Å². The number of sulfonamides is 1. The van der Waals surface area contributed by atoms with Gasteiger partial charge in [0.25, 0.3) is 5.91 Å². The van der Waals surface area contributed by atoms with E-state index in [1.165, 1.54) is 34.8 Å². The van der Waals surface area contributed by atoms with Gasteiger partial charge in [-0.05, 0) is 44.2 Å². The maximum absolute atomic E-state index is 12.7. The Bertz CT molecular complexity index is 1130. The number of carbonyl (C=O) groups excluding carboxylic acids is 1. The molecule has 3 rings (SSSR count). The van der Waals surface area contributed by atoms with Crippen molar-refractivity contribution < 1.29 is 13.2 Å². The number of nitrogens with one attached hydrogen (secondary N) is 1. The van der Waals surface area contributed by atoms with Crippen molar-refractivity contribution in [1.82, 2.24) is 9.29 Å². The van der Waals surface area contributed by atoms with Gasteiger partial charge in [0.05, 0.1) is 10.6 Å². The van der Waals surface area contributed by atoms with Crippen molar-refractivity contribution in [2.75, 3.05) is 12.4 Å². The molecule has 0 aliphatic carbocycles. The van der Waals surface area contributed by atoms with Gasteiger partial charge in [-0.25, -0.2) is 13.4 Å². The molecule has 0 unspecified atom stereocenters. The van der Waals surface area contributed by atoms with Crippen molar-refractivity contribution in [1.29, 1.82) is 0 Å². The third-order valence-electron chi connectivity index (χ3n) is 4.37. The van der Waals surface area contributed by atoms with Crippen molar-refractivity contribution in [3.8, 4) is 11.3 Å². The molecule has 0 saturated heterocycles. The number of benzene rings is 2. The molecule has 0 atom stereocenters. The van der Waals surface area contributed by atoms with Crippen molar-refractivity contribution in [2.45, 2.75) is 24.8 Å². The predicted octanol–water partition coefficient (Wildman–Crippen LogP) is 4.85. The van der Waals surface area contributed by atoms with Gasteiger partial charge in [-0.3, -0.25) is 10.1 Å². The third kappa shape index (κ3) is 4.92. The molecule has 1 heterocycles. The number of hydrogen-bond donors (Lipinski definition) is 1. The number of anilines is 1. The molecule has 0 bridgehead atoms. The Labute approximate surface area is 182 Å². The third-order valence-corrected chi connectivity index (χ3v) is 7.68. The van der Waals surface area contributed by atoms with E-state index in [0.717, 1.165) is 15.7 Å². The first-order valence-corrected chi connectivity index (χ1v) is 11.9. The standard InChI is InChI=1S/C20H20BrN3O3S2/c1-13(2)24(3)29(26,27)17-6-4-5-15(11-17)19(25)23-20-22-18(12-28-20)14-7-9-16(21)10-8-14/h4-13H,1-3H3,(H,22,23,25). The zero-order valence-corrected chi connectivity index (χ0v) is 19.3. The number of aromatic nitrogens is 1. The molecule has 2 aromatic carbocycles. The average molecular weight is 494 g/mol. The van der Waals surface area contributed by atoms with Crippen LogP contribution in [0.15, 0.2) is 63.3 Å². The maximum Gasteiger partial charge on any atom is 0.257 e. The molecule has 3 aromatic rings. The van der Waals surface area contributed by atoms with Gasteiger partial charge in [0.15, 0.2) is 5.13 Å². The van der Waals surface area contributed by atoms with Crippen LogP contribution in [-0.4, -0.2) is 36.7 Å². The van der Waals surface area contributed by atoms with E-state index < -0.39 is 15.9 Å². The van der Waals surface area contributed by atoms with Gasteiger partial charge in [0.2, 0.25) is 10.0 Å². The lowest BCUT2D eigenvalue weighted by Gasteiger charge is -2.21. The van der Waals surface area contributed by atoms with Gasteiger partial charge in [0, 0.05) is 34.1 Å². The van der Waals surface area contributed by atoms with Gasteiger partial charge in [-0.15, -0.1) is 11.3 Å². The van der Waals surface area contributed by atoms with Crippen molar-refractivity contribution in [3.05, 3.63) is 63.9 Å². The first-order valence-electron chi connectivity index (χ1n) is 8.79. The molecular formula is C20H20BrN3O3S2. The Morgan fingerprint density at radius 1 is 1.17 bits per heavy atom. The van der Waals surface area contributed by atoms with Crippen LogP contribution in [0.5, 0.6) is 0 Å². The summed E-state index contributed by atoms with van der Waals surface area (Å²) in [5, 5.41) is 5.04. The smallest absolute Gasteiger partial charge is 0.257 e. The van der Waals surface area contributed by atoms with E-state index in [1.807, 2.05) is 29.6 Å². The number of nitrogens with zero attached hydrogens (tertiary/aromatic N) is 2.